The van der Waals surface area contributed by atoms with Gasteiger partial charge in [0.25, 0.3) is 0 Å². The van der Waals surface area contributed by atoms with Gasteiger partial charge in [0.15, 0.2) is 0 Å². The Kier molecular flexibility index (Phi) is 2.32. The van der Waals surface area contributed by atoms with Crippen LogP contribution in [0.3, 0.4) is 0 Å². The SMILES string of the molecule is C.Cc1cccn1C. The van der Waals surface area contributed by atoms with Gasteiger partial charge < -0.3 is 4.57 Å². The third-order valence-corrected chi connectivity index (χ3v) is 1.20. The van der Waals surface area contributed by atoms with Gasteiger partial charge in [-0.25, -0.2) is 0 Å². The van der Waals surface area contributed by atoms with Crippen molar-refractivity contribution in [3.05, 3.63) is 24.0 Å². The molecule has 1 aromatic rings. The van der Waals surface area contributed by atoms with Gasteiger partial charge in [-0.2, -0.15) is 0 Å². The zero-order valence-electron chi connectivity index (χ0n) is 4.68. The van der Waals surface area contributed by atoms with Crippen LogP contribution < -0.4 is 0 Å². The highest BCUT2D eigenvalue weighted by Gasteiger charge is 1.81. The number of rotatable bonds is 0. The number of hydrogen-bond acceptors (Lipinski definition) is 0. The van der Waals surface area contributed by atoms with E-state index in [4.69, 9.17) is 0 Å². The second kappa shape index (κ2) is 2.55. The van der Waals surface area contributed by atoms with Crippen LogP contribution in [0, 0.1) is 6.92 Å². The maximum atomic E-state index is 2.08. The van der Waals surface area contributed by atoms with Crippen molar-refractivity contribution in [1.29, 1.82) is 0 Å². The molecule has 0 amide bonds. The van der Waals surface area contributed by atoms with Gasteiger partial charge in [0.05, 0.1) is 0 Å². The predicted octanol–water partition coefficient (Wildman–Crippen LogP) is 1.97. The first-order chi connectivity index (χ1) is 3.30. The zero-order chi connectivity index (χ0) is 5.28. The van der Waals surface area contributed by atoms with Crippen LogP contribution in [0.5, 0.6) is 0 Å². The Morgan fingerprint density at radius 3 is 2.25 bits per heavy atom. The minimum atomic E-state index is 0. The lowest BCUT2D eigenvalue weighted by atomic mass is 10.5. The molecule has 0 aliphatic heterocycles. The van der Waals surface area contributed by atoms with Gasteiger partial charge in [-0.3, -0.25) is 0 Å². The molecule has 1 nitrogen and oxygen atoms in total. The summed E-state index contributed by atoms with van der Waals surface area (Å²) >= 11 is 0. The molecule has 0 bridgehead atoms. The number of nitrogens with zero attached hydrogens (tertiary/aromatic N) is 1. The molecule has 0 spiro atoms. The Morgan fingerprint density at radius 1 is 1.50 bits per heavy atom. The topological polar surface area (TPSA) is 4.93 Å². The van der Waals surface area contributed by atoms with Crippen LogP contribution >= 0.6 is 0 Å². The lowest BCUT2D eigenvalue weighted by Gasteiger charge is -1.89. The summed E-state index contributed by atoms with van der Waals surface area (Å²) in [5, 5.41) is 0. The van der Waals surface area contributed by atoms with E-state index in [1.165, 1.54) is 5.69 Å². The monoisotopic (exact) mass is 111 g/mol. The van der Waals surface area contributed by atoms with Gasteiger partial charge >= 0.3 is 0 Å². The molecular weight excluding hydrogens is 98.1 g/mol. The molecule has 1 heteroatoms. The molecule has 1 aromatic heterocycles. The predicted molar refractivity (Wildman–Crippen MR) is 36.9 cm³/mol. The highest BCUT2D eigenvalue weighted by molar-refractivity contribution is 5.02. The first-order valence-corrected chi connectivity index (χ1v) is 2.38. The van der Waals surface area contributed by atoms with Crippen LogP contribution in [-0.2, 0) is 7.05 Å². The van der Waals surface area contributed by atoms with E-state index >= 15 is 0 Å². The standard InChI is InChI=1S/C6H9N.CH4/c1-6-4-3-5-7(6)2;/h3-5H,1-2H3;1H4. The van der Waals surface area contributed by atoms with Crippen molar-refractivity contribution >= 4 is 0 Å². The van der Waals surface area contributed by atoms with Gasteiger partial charge in [0.2, 0.25) is 0 Å². The second-order valence-corrected chi connectivity index (χ2v) is 1.76. The number of aryl methyl sites for hydroxylation is 2. The summed E-state index contributed by atoms with van der Waals surface area (Å²) < 4.78 is 2.08. The minimum Gasteiger partial charge on any atom is -0.355 e. The zero-order valence-corrected chi connectivity index (χ0v) is 4.68. The van der Waals surface area contributed by atoms with Gasteiger partial charge in [-0.1, -0.05) is 7.43 Å². The summed E-state index contributed by atoms with van der Waals surface area (Å²) in [5.41, 5.74) is 1.31. The molecule has 46 valence electrons. The largest absolute Gasteiger partial charge is 0.355 e. The van der Waals surface area contributed by atoms with Crippen LogP contribution in [-0.4, -0.2) is 4.57 Å². The van der Waals surface area contributed by atoms with E-state index in [0.717, 1.165) is 0 Å². The Hall–Kier alpha value is -0.720. The van der Waals surface area contributed by atoms with E-state index in [1.807, 2.05) is 19.3 Å². The van der Waals surface area contributed by atoms with Crippen molar-refractivity contribution in [2.45, 2.75) is 14.4 Å². The van der Waals surface area contributed by atoms with Crippen molar-refractivity contribution in [1.82, 2.24) is 4.57 Å². The third-order valence-electron chi connectivity index (χ3n) is 1.20. The molecule has 0 unspecified atom stereocenters. The van der Waals surface area contributed by atoms with Crippen molar-refractivity contribution in [3.8, 4) is 0 Å². The summed E-state index contributed by atoms with van der Waals surface area (Å²) in [7, 11) is 2.04. The summed E-state index contributed by atoms with van der Waals surface area (Å²) in [6.07, 6.45) is 2.04. The van der Waals surface area contributed by atoms with Crippen molar-refractivity contribution in [3.63, 3.8) is 0 Å². The van der Waals surface area contributed by atoms with Crippen LogP contribution in [0.4, 0.5) is 0 Å². The van der Waals surface area contributed by atoms with Gasteiger partial charge in [0, 0.05) is 18.9 Å². The average Bonchev–Trinajstić information content (AvgIpc) is 1.91. The molecule has 0 saturated carbocycles. The molecular formula is C7H13N. The van der Waals surface area contributed by atoms with E-state index < -0.39 is 0 Å². The lowest BCUT2D eigenvalue weighted by Crippen LogP contribution is -1.84. The van der Waals surface area contributed by atoms with E-state index in [2.05, 4.69) is 17.6 Å². The maximum absolute atomic E-state index is 2.08. The van der Waals surface area contributed by atoms with Crippen molar-refractivity contribution < 1.29 is 0 Å². The summed E-state index contributed by atoms with van der Waals surface area (Å²) in [6, 6.07) is 4.12. The van der Waals surface area contributed by atoms with Crippen LogP contribution in [0.2, 0.25) is 0 Å². The Bertz CT molecular complexity index is 137. The quantitative estimate of drug-likeness (QED) is 0.482. The molecule has 8 heavy (non-hydrogen) atoms. The van der Waals surface area contributed by atoms with Crippen LogP contribution in [0.15, 0.2) is 18.3 Å². The fourth-order valence-corrected chi connectivity index (χ4v) is 0.547. The van der Waals surface area contributed by atoms with Gasteiger partial charge in [0.1, 0.15) is 0 Å². The lowest BCUT2D eigenvalue weighted by molar-refractivity contribution is 0.882. The van der Waals surface area contributed by atoms with Gasteiger partial charge in [-0.05, 0) is 19.1 Å². The van der Waals surface area contributed by atoms with Crippen molar-refractivity contribution in [2.24, 2.45) is 7.05 Å². The Balaban J connectivity index is 0.000000490. The van der Waals surface area contributed by atoms with Crippen LogP contribution in [0.1, 0.15) is 13.1 Å². The highest BCUT2D eigenvalue weighted by atomic mass is 14.9. The smallest absolute Gasteiger partial charge is 0.0140 e. The molecule has 1 heterocycles. The molecule has 0 radical (unpaired) electrons. The minimum absolute atomic E-state index is 0. The maximum Gasteiger partial charge on any atom is 0.0140 e. The molecule has 0 atom stereocenters. The van der Waals surface area contributed by atoms with E-state index in [1.54, 1.807) is 0 Å². The fourth-order valence-electron chi connectivity index (χ4n) is 0.547. The van der Waals surface area contributed by atoms with Crippen LogP contribution in [0.25, 0.3) is 0 Å². The average molecular weight is 111 g/mol. The fraction of sp³-hybridized carbons (Fsp3) is 0.429. The Labute approximate surface area is 51.0 Å². The summed E-state index contributed by atoms with van der Waals surface area (Å²) in [4.78, 5) is 0. The van der Waals surface area contributed by atoms with Crippen molar-refractivity contribution in [2.75, 3.05) is 0 Å². The second-order valence-electron chi connectivity index (χ2n) is 1.76. The van der Waals surface area contributed by atoms with E-state index in [9.17, 15) is 0 Å². The molecule has 0 aliphatic rings. The first kappa shape index (κ1) is 7.28. The highest BCUT2D eigenvalue weighted by Crippen LogP contribution is 1.93. The normalized spacial score (nSPS) is 8.25. The number of aromatic nitrogens is 1. The molecule has 0 saturated heterocycles. The van der Waals surface area contributed by atoms with E-state index in [-0.39, 0.29) is 7.43 Å². The first-order valence-electron chi connectivity index (χ1n) is 2.38. The Morgan fingerprint density at radius 2 is 2.12 bits per heavy atom. The number of hydrogen-bond donors (Lipinski definition) is 0. The molecule has 0 fully saturated rings. The third kappa shape index (κ3) is 1.12. The summed E-state index contributed by atoms with van der Waals surface area (Å²) in [5.74, 6) is 0. The summed E-state index contributed by atoms with van der Waals surface area (Å²) in [6.45, 7) is 2.08. The molecule has 0 N–H and O–H groups in total. The van der Waals surface area contributed by atoms with Gasteiger partial charge in [-0.15, -0.1) is 0 Å². The molecule has 0 aliphatic carbocycles. The molecule has 0 aromatic carbocycles. The van der Waals surface area contributed by atoms with E-state index in [0.29, 0.717) is 0 Å². The molecule has 1 rings (SSSR count).